The van der Waals surface area contributed by atoms with Crippen molar-refractivity contribution in [3.8, 4) is 11.5 Å². The zero-order chi connectivity index (χ0) is 15.5. The third kappa shape index (κ3) is 3.95. The van der Waals surface area contributed by atoms with E-state index in [-0.39, 0.29) is 5.41 Å². The maximum atomic E-state index is 5.85. The van der Waals surface area contributed by atoms with Gasteiger partial charge in [0.1, 0.15) is 23.1 Å². The van der Waals surface area contributed by atoms with Crippen molar-refractivity contribution in [2.75, 3.05) is 7.11 Å². The Morgan fingerprint density at radius 3 is 2.62 bits per heavy atom. The van der Waals surface area contributed by atoms with Crippen molar-refractivity contribution in [3.05, 3.63) is 39.8 Å². The summed E-state index contributed by atoms with van der Waals surface area (Å²) in [7, 11) is 1.64. The molecule has 1 heterocycles. The molecular weight excluding hydrogens is 284 g/mol. The lowest BCUT2D eigenvalue weighted by Crippen LogP contribution is -2.11. The Morgan fingerprint density at radius 1 is 1.29 bits per heavy atom. The average Bonchev–Trinajstić information content (AvgIpc) is 2.94. The van der Waals surface area contributed by atoms with Crippen LogP contribution < -0.4 is 15.2 Å². The van der Waals surface area contributed by atoms with E-state index in [9.17, 15) is 0 Å². The minimum Gasteiger partial charge on any atom is -0.497 e. The van der Waals surface area contributed by atoms with Gasteiger partial charge in [-0.05, 0) is 18.2 Å². The van der Waals surface area contributed by atoms with Crippen LogP contribution in [0, 0.1) is 0 Å². The summed E-state index contributed by atoms with van der Waals surface area (Å²) >= 11 is 1.62. The number of benzene rings is 1. The van der Waals surface area contributed by atoms with Gasteiger partial charge in [-0.25, -0.2) is 4.98 Å². The molecule has 0 aliphatic rings. The highest BCUT2D eigenvalue weighted by Gasteiger charge is 2.17. The van der Waals surface area contributed by atoms with E-state index in [4.69, 9.17) is 15.2 Å². The Kier molecular flexibility index (Phi) is 4.85. The molecule has 2 N–H and O–H groups in total. The van der Waals surface area contributed by atoms with E-state index in [0.717, 1.165) is 27.8 Å². The van der Waals surface area contributed by atoms with Crippen LogP contribution in [0.25, 0.3) is 0 Å². The van der Waals surface area contributed by atoms with E-state index in [1.54, 1.807) is 18.4 Å². The molecule has 0 saturated heterocycles. The molecule has 0 aliphatic carbocycles. The lowest BCUT2D eigenvalue weighted by atomic mass is 9.93. The fourth-order valence-electron chi connectivity index (χ4n) is 1.84. The standard InChI is InChI=1S/C16H22N2O2S/c1-16(2,3)14-10-21-15(18-14)9-20-13-6-5-12(19-4)7-11(13)8-17/h5-7,10H,8-9,17H2,1-4H3. The van der Waals surface area contributed by atoms with Crippen molar-refractivity contribution in [2.45, 2.75) is 39.3 Å². The van der Waals surface area contributed by atoms with E-state index < -0.39 is 0 Å². The van der Waals surface area contributed by atoms with Crippen LogP contribution in [0.5, 0.6) is 11.5 Å². The molecule has 2 rings (SSSR count). The molecule has 0 amide bonds. The zero-order valence-corrected chi connectivity index (χ0v) is 13.8. The molecule has 0 radical (unpaired) electrons. The first-order chi connectivity index (χ1) is 9.94. The minimum absolute atomic E-state index is 0.0667. The second-order valence-corrected chi connectivity index (χ2v) is 6.79. The molecule has 0 spiro atoms. The van der Waals surface area contributed by atoms with Crippen molar-refractivity contribution in [2.24, 2.45) is 5.73 Å². The fraction of sp³-hybridized carbons (Fsp3) is 0.438. The summed E-state index contributed by atoms with van der Waals surface area (Å²) in [5.74, 6) is 1.57. The van der Waals surface area contributed by atoms with Crippen LogP contribution in [-0.4, -0.2) is 12.1 Å². The molecular formula is C16H22N2O2S. The Labute approximate surface area is 129 Å². The molecule has 4 nitrogen and oxygen atoms in total. The molecule has 114 valence electrons. The van der Waals surface area contributed by atoms with Gasteiger partial charge >= 0.3 is 0 Å². The number of methoxy groups -OCH3 is 1. The maximum Gasteiger partial charge on any atom is 0.140 e. The highest BCUT2D eigenvalue weighted by atomic mass is 32.1. The molecule has 0 aliphatic heterocycles. The molecule has 5 heteroatoms. The van der Waals surface area contributed by atoms with Crippen LogP contribution in [-0.2, 0) is 18.6 Å². The smallest absolute Gasteiger partial charge is 0.140 e. The number of thiazole rings is 1. The van der Waals surface area contributed by atoms with E-state index in [0.29, 0.717) is 13.2 Å². The van der Waals surface area contributed by atoms with Crippen molar-refractivity contribution in [3.63, 3.8) is 0 Å². The van der Waals surface area contributed by atoms with Crippen molar-refractivity contribution < 1.29 is 9.47 Å². The second kappa shape index (κ2) is 6.45. The van der Waals surface area contributed by atoms with Gasteiger partial charge in [0.05, 0.1) is 12.8 Å². The number of aromatic nitrogens is 1. The Hall–Kier alpha value is -1.59. The van der Waals surface area contributed by atoms with E-state index in [2.05, 4.69) is 31.1 Å². The van der Waals surface area contributed by atoms with Gasteiger partial charge < -0.3 is 15.2 Å². The van der Waals surface area contributed by atoms with Crippen LogP contribution in [0.3, 0.4) is 0 Å². The molecule has 1 aromatic heterocycles. The number of hydrogen-bond acceptors (Lipinski definition) is 5. The average molecular weight is 306 g/mol. The lowest BCUT2D eigenvalue weighted by molar-refractivity contribution is 0.301. The predicted octanol–water partition coefficient (Wildman–Crippen LogP) is 3.49. The quantitative estimate of drug-likeness (QED) is 0.918. The van der Waals surface area contributed by atoms with Crippen LogP contribution in [0.1, 0.15) is 37.0 Å². The molecule has 2 aromatic rings. The maximum absolute atomic E-state index is 5.85. The summed E-state index contributed by atoms with van der Waals surface area (Å²) in [5, 5.41) is 3.06. The van der Waals surface area contributed by atoms with E-state index in [1.165, 1.54) is 0 Å². The number of hydrogen-bond donors (Lipinski definition) is 1. The summed E-state index contributed by atoms with van der Waals surface area (Å²) in [6.07, 6.45) is 0. The highest BCUT2D eigenvalue weighted by Crippen LogP contribution is 2.27. The van der Waals surface area contributed by atoms with Gasteiger partial charge in [0.2, 0.25) is 0 Å². The van der Waals surface area contributed by atoms with Gasteiger partial charge in [0, 0.05) is 22.9 Å². The Bertz CT molecular complexity index is 603. The number of nitrogens with two attached hydrogens (primary N) is 1. The van der Waals surface area contributed by atoms with Crippen LogP contribution >= 0.6 is 11.3 Å². The third-order valence-corrected chi connectivity index (χ3v) is 3.98. The van der Waals surface area contributed by atoms with Crippen molar-refractivity contribution in [1.82, 2.24) is 4.98 Å². The number of ether oxygens (including phenoxy) is 2. The normalized spacial score (nSPS) is 11.5. The Morgan fingerprint density at radius 2 is 2.05 bits per heavy atom. The van der Waals surface area contributed by atoms with Crippen LogP contribution in [0.2, 0.25) is 0 Å². The van der Waals surface area contributed by atoms with Crippen LogP contribution in [0.4, 0.5) is 0 Å². The lowest BCUT2D eigenvalue weighted by Gasteiger charge is -2.14. The summed E-state index contributed by atoms with van der Waals surface area (Å²) in [6, 6.07) is 5.66. The monoisotopic (exact) mass is 306 g/mol. The summed E-state index contributed by atoms with van der Waals surface area (Å²) in [5.41, 5.74) is 7.85. The summed E-state index contributed by atoms with van der Waals surface area (Å²) in [6.45, 7) is 7.34. The Balaban J connectivity index is 2.08. The van der Waals surface area contributed by atoms with Crippen LogP contribution in [0.15, 0.2) is 23.6 Å². The topological polar surface area (TPSA) is 57.4 Å². The summed E-state index contributed by atoms with van der Waals surface area (Å²) < 4.78 is 11.0. The number of nitrogens with zero attached hydrogens (tertiary/aromatic N) is 1. The van der Waals surface area contributed by atoms with Gasteiger partial charge in [-0.2, -0.15) is 0 Å². The van der Waals surface area contributed by atoms with Crippen molar-refractivity contribution in [1.29, 1.82) is 0 Å². The predicted molar refractivity (Wildman–Crippen MR) is 86.0 cm³/mol. The first-order valence-corrected chi connectivity index (χ1v) is 7.76. The molecule has 0 unspecified atom stereocenters. The van der Waals surface area contributed by atoms with Gasteiger partial charge in [0.25, 0.3) is 0 Å². The van der Waals surface area contributed by atoms with Crippen molar-refractivity contribution >= 4 is 11.3 Å². The number of rotatable bonds is 5. The third-order valence-electron chi connectivity index (χ3n) is 3.16. The van der Waals surface area contributed by atoms with E-state index >= 15 is 0 Å². The molecule has 21 heavy (non-hydrogen) atoms. The molecule has 0 saturated carbocycles. The SMILES string of the molecule is COc1ccc(OCc2nc(C(C)(C)C)cs2)c(CN)c1. The zero-order valence-electron chi connectivity index (χ0n) is 13.0. The van der Waals surface area contributed by atoms with Gasteiger partial charge in [-0.3, -0.25) is 0 Å². The second-order valence-electron chi connectivity index (χ2n) is 5.84. The molecule has 1 aromatic carbocycles. The first kappa shape index (κ1) is 15.8. The fourth-order valence-corrected chi connectivity index (χ4v) is 2.78. The van der Waals surface area contributed by atoms with Gasteiger partial charge in [-0.15, -0.1) is 11.3 Å². The van der Waals surface area contributed by atoms with Gasteiger partial charge in [0.15, 0.2) is 0 Å². The van der Waals surface area contributed by atoms with E-state index in [1.807, 2.05) is 18.2 Å². The largest absolute Gasteiger partial charge is 0.497 e. The highest BCUT2D eigenvalue weighted by molar-refractivity contribution is 7.09. The first-order valence-electron chi connectivity index (χ1n) is 6.88. The summed E-state index contributed by atoms with van der Waals surface area (Å²) in [4.78, 5) is 4.62. The molecule has 0 atom stereocenters. The minimum atomic E-state index is 0.0667. The van der Waals surface area contributed by atoms with Gasteiger partial charge in [-0.1, -0.05) is 20.8 Å². The molecule has 0 bridgehead atoms. The molecule has 0 fully saturated rings.